The summed E-state index contributed by atoms with van der Waals surface area (Å²) in [6.07, 6.45) is 7.91. The third kappa shape index (κ3) is 2.73. The molecule has 0 saturated heterocycles. The molecule has 0 saturated carbocycles. The van der Waals surface area contributed by atoms with Crippen molar-refractivity contribution in [1.29, 1.82) is 0 Å². The summed E-state index contributed by atoms with van der Waals surface area (Å²) in [6.45, 7) is 4.29. The Morgan fingerprint density at radius 1 is 1.24 bits per heavy atom. The molecule has 0 unspecified atom stereocenters. The molecule has 1 heteroatoms. The average molecular weight is 226 g/mol. The molecule has 1 aromatic carbocycles. The molecular weight excluding hydrogens is 208 g/mol. The Labute approximate surface area is 103 Å². The molecule has 1 nitrogen and oxygen atoms in total. The van der Waals surface area contributed by atoms with Gasteiger partial charge in [0.1, 0.15) is 0 Å². The monoisotopic (exact) mass is 226 g/mol. The first-order chi connectivity index (χ1) is 8.09. The Kier molecular flexibility index (Phi) is 3.28. The summed E-state index contributed by atoms with van der Waals surface area (Å²) >= 11 is 0. The van der Waals surface area contributed by atoms with Gasteiger partial charge in [0.05, 0.1) is 0 Å². The molecule has 0 N–H and O–H groups in total. The van der Waals surface area contributed by atoms with Crippen molar-refractivity contribution in [1.82, 2.24) is 0 Å². The highest BCUT2D eigenvalue weighted by atomic mass is 16.1. The maximum atomic E-state index is 12.2. The van der Waals surface area contributed by atoms with Crippen molar-refractivity contribution in [2.24, 2.45) is 5.41 Å². The number of ketones is 1. The summed E-state index contributed by atoms with van der Waals surface area (Å²) in [6, 6.07) is 9.54. The van der Waals surface area contributed by atoms with E-state index >= 15 is 0 Å². The zero-order chi connectivity index (χ0) is 12.3. The van der Waals surface area contributed by atoms with E-state index in [-0.39, 0.29) is 11.2 Å². The van der Waals surface area contributed by atoms with Crippen LogP contribution in [0.4, 0.5) is 0 Å². The highest BCUT2D eigenvalue weighted by Crippen LogP contribution is 2.36. The van der Waals surface area contributed by atoms with E-state index in [2.05, 4.69) is 32.1 Å². The number of carbonyl (C=O) groups is 1. The summed E-state index contributed by atoms with van der Waals surface area (Å²) in [7, 11) is 0. The molecule has 0 bridgehead atoms. The van der Waals surface area contributed by atoms with Gasteiger partial charge in [-0.15, -0.1) is 0 Å². The topological polar surface area (TPSA) is 17.1 Å². The number of benzene rings is 1. The third-order valence-electron chi connectivity index (χ3n) is 3.34. The third-order valence-corrected chi connectivity index (χ3v) is 3.34. The smallest absolute Gasteiger partial charge is 0.163 e. The molecular formula is C16H18O. The van der Waals surface area contributed by atoms with Crippen LogP contribution in [0.25, 0.3) is 0 Å². The lowest BCUT2D eigenvalue weighted by atomic mass is 9.78. The van der Waals surface area contributed by atoms with E-state index < -0.39 is 0 Å². The second-order valence-electron chi connectivity index (χ2n) is 5.17. The number of allylic oxidation sites excluding steroid dienone is 4. The van der Waals surface area contributed by atoms with E-state index in [1.165, 1.54) is 5.57 Å². The minimum absolute atomic E-state index is 0.0452. The van der Waals surface area contributed by atoms with Crippen LogP contribution in [0.2, 0.25) is 0 Å². The fourth-order valence-electron chi connectivity index (χ4n) is 2.19. The van der Waals surface area contributed by atoms with Crippen molar-refractivity contribution in [3.8, 4) is 0 Å². The highest BCUT2D eigenvalue weighted by molar-refractivity contribution is 5.96. The van der Waals surface area contributed by atoms with Crippen LogP contribution >= 0.6 is 0 Å². The lowest BCUT2D eigenvalue weighted by molar-refractivity contribution is 0.0945. The largest absolute Gasteiger partial charge is 0.294 e. The van der Waals surface area contributed by atoms with Crippen LogP contribution < -0.4 is 0 Å². The van der Waals surface area contributed by atoms with Crippen LogP contribution in [0, 0.1) is 5.41 Å². The Hall–Kier alpha value is -1.63. The molecule has 1 aliphatic carbocycles. The van der Waals surface area contributed by atoms with E-state index in [4.69, 9.17) is 0 Å². The van der Waals surface area contributed by atoms with Gasteiger partial charge in [0, 0.05) is 12.0 Å². The summed E-state index contributed by atoms with van der Waals surface area (Å²) in [5, 5.41) is 0. The maximum Gasteiger partial charge on any atom is 0.163 e. The number of rotatable bonds is 4. The van der Waals surface area contributed by atoms with Crippen LogP contribution in [-0.4, -0.2) is 5.78 Å². The Morgan fingerprint density at radius 2 is 1.94 bits per heavy atom. The molecule has 17 heavy (non-hydrogen) atoms. The summed E-state index contributed by atoms with van der Waals surface area (Å²) in [4.78, 5) is 12.2. The van der Waals surface area contributed by atoms with Crippen molar-refractivity contribution < 1.29 is 4.79 Å². The molecule has 0 heterocycles. The number of hydrogen-bond donors (Lipinski definition) is 0. The van der Waals surface area contributed by atoms with Gasteiger partial charge in [-0.2, -0.15) is 0 Å². The fourth-order valence-corrected chi connectivity index (χ4v) is 2.19. The van der Waals surface area contributed by atoms with E-state index in [0.717, 1.165) is 12.0 Å². The lowest BCUT2D eigenvalue weighted by Crippen LogP contribution is -2.19. The van der Waals surface area contributed by atoms with Gasteiger partial charge in [-0.3, -0.25) is 4.79 Å². The summed E-state index contributed by atoms with van der Waals surface area (Å²) in [5.41, 5.74) is 2.12. The predicted octanol–water partition coefficient (Wildman–Crippen LogP) is 4.17. The Balaban J connectivity index is 2.08. The van der Waals surface area contributed by atoms with Crippen LogP contribution in [0.3, 0.4) is 0 Å². The first-order valence-corrected chi connectivity index (χ1v) is 6.04. The lowest BCUT2D eigenvalue weighted by Gasteiger charge is -2.25. The van der Waals surface area contributed by atoms with Gasteiger partial charge >= 0.3 is 0 Å². The molecule has 0 spiro atoms. The van der Waals surface area contributed by atoms with Gasteiger partial charge < -0.3 is 0 Å². The molecule has 2 rings (SSSR count). The zero-order valence-corrected chi connectivity index (χ0v) is 10.4. The number of carbonyl (C=O) groups excluding carboxylic acids is 1. The van der Waals surface area contributed by atoms with Gasteiger partial charge in [-0.1, -0.05) is 68.0 Å². The standard InChI is InChI=1S/C16H18O/c1-16(2,14-10-6-7-11-14)12-15(17)13-8-4-3-5-9-13/h3-10H,11-12H2,1-2H3. The number of Topliss-reactive ketones (excluding diaryl/α,β-unsaturated/α-hetero) is 1. The van der Waals surface area contributed by atoms with Crippen LogP contribution in [0.1, 0.15) is 37.0 Å². The van der Waals surface area contributed by atoms with E-state index in [1.807, 2.05) is 30.3 Å². The Bertz CT molecular complexity index is 464. The van der Waals surface area contributed by atoms with Crippen molar-refractivity contribution in [2.45, 2.75) is 26.7 Å². The van der Waals surface area contributed by atoms with Crippen molar-refractivity contribution in [2.75, 3.05) is 0 Å². The Morgan fingerprint density at radius 3 is 2.53 bits per heavy atom. The minimum atomic E-state index is -0.0452. The molecule has 0 aromatic heterocycles. The quantitative estimate of drug-likeness (QED) is 0.704. The zero-order valence-electron chi connectivity index (χ0n) is 10.4. The van der Waals surface area contributed by atoms with Crippen molar-refractivity contribution in [3.05, 3.63) is 59.7 Å². The summed E-state index contributed by atoms with van der Waals surface area (Å²) in [5.74, 6) is 0.225. The first kappa shape index (κ1) is 11.8. The fraction of sp³-hybridized carbons (Fsp3) is 0.312. The van der Waals surface area contributed by atoms with Gasteiger partial charge in [-0.05, 0) is 11.8 Å². The normalized spacial score (nSPS) is 14.8. The highest BCUT2D eigenvalue weighted by Gasteiger charge is 2.26. The average Bonchev–Trinajstić information content (AvgIpc) is 2.84. The van der Waals surface area contributed by atoms with Crippen molar-refractivity contribution >= 4 is 5.78 Å². The molecule has 1 aliphatic rings. The van der Waals surface area contributed by atoms with E-state index in [1.54, 1.807) is 0 Å². The summed E-state index contributed by atoms with van der Waals surface area (Å²) < 4.78 is 0. The van der Waals surface area contributed by atoms with Gasteiger partial charge in [0.2, 0.25) is 0 Å². The maximum absolute atomic E-state index is 12.2. The van der Waals surface area contributed by atoms with Crippen LogP contribution in [-0.2, 0) is 0 Å². The first-order valence-electron chi connectivity index (χ1n) is 6.04. The second-order valence-corrected chi connectivity index (χ2v) is 5.17. The molecule has 0 atom stereocenters. The van der Waals surface area contributed by atoms with Crippen LogP contribution in [0.15, 0.2) is 54.1 Å². The minimum Gasteiger partial charge on any atom is -0.294 e. The predicted molar refractivity (Wildman–Crippen MR) is 71.0 cm³/mol. The molecule has 0 radical (unpaired) electrons. The molecule has 88 valence electrons. The van der Waals surface area contributed by atoms with Crippen LogP contribution in [0.5, 0.6) is 0 Å². The molecule has 0 aliphatic heterocycles. The second kappa shape index (κ2) is 4.70. The molecule has 0 amide bonds. The van der Waals surface area contributed by atoms with E-state index in [0.29, 0.717) is 6.42 Å². The van der Waals surface area contributed by atoms with Gasteiger partial charge in [-0.25, -0.2) is 0 Å². The van der Waals surface area contributed by atoms with Gasteiger partial charge in [0.25, 0.3) is 0 Å². The van der Waals surface area contributed by atoms with Gasteiger partial charge in [0.15, 0.2) is 5.78 Å². The van der Waals surface area contributed by atoms with E-state index in [9.17, 15) is 4.79 Å². The number of hydrogen-bond acceptors (Lipinski definition) is 1. The van der Waals surface area contributed by atoms with Crippen molar-refractivity contribution in [3.63, 3.8) is 0 Å². The molecule has 1 aromatic rings. The molecule has 0 fully saturated rings. The SMILES string of the molecule is CC(C)(CC(=O)c1ccccc1)C1=CC=CC1.